The average molecular weight is 314 g/mol. The van der Waals surface area contributed by atoms with Crippen molar-refractivity contribution in [2.24, 2.45) is 0 Å². The van der Waals surface area contributed by atoms with E-state index in [1.807, 2.05) is 12.1 Å². The molecule has 106 valence electrons. The van der Waals surface area contributed by atoms with Crippen LogP contribution in [0.1, 0.15) is 15.2 Å². The highest BCUT2D eigenvalue weighted by molar-refractivity contribution is 7.16. The highest BCUT2D eigenvalue weighted by atomic mass is 35.5. The Morgan fingerprint density at radius 1 is 1.50 bits per heavy atom. The summed E-state index contributed by atoms with van der Waals surface area (Å²) in [5, 5.41) is 5.50. The molecule has 0 aliphatic heterocycles. The van der Waals surface area contributed by atoms with Gasteiger partial charge >= 0.3 is 0 Å². The van der Waals surface area contributed by atoms with E-state index in [9.17, 15) is 9.18 Å². The van der Waals surface area contributed by atoms with Gasteiger partial charge in [-0.2, -0.15) is 0 Å². The number of rotatable bonds is 5. The van der Waals surface area contributed by atoms with E-state index in [1.165, 1.54) is 11.3 Å². The molecule has 2 heterocycles. The van der Waals surface area contributed by atoms with E-state index in [1.54, 1.807) is 7.05 Å². The number of nitrogens with zero attached hydrogens (tertiary/aromatic N) is 1. The number of nitrogens with one attached hydrogen (secondary N) is 2. The van der Waals surface area contributed by atoms with Crippen LogP contribution < -0.4 is 10.6 Å². The van der Waals surface area contributed by atoms with Crippen LogP contribution in [0.2, 0.25) is 4.34 Å². The van der Waals surface area contributed by atoms with Crippen LogP contribution in [0.4, 0.5) is 10.2 Å². The second-order valence-corrected chi connectivity index (χ2v) is 5.81. The highest BCUT2D eigenvalue weighted by Gasteiger charge is 2.12. The van der Waals surface area contributed by atoms with Crippen molar-refractivity contribution >= 4 is 34.7 Å². The van der Waals surface area contributed by atoms with Crippen molar-refractivity contribution in [1.29, 1.82) is 0 Å². The van der Waals surface area contributed by atoms with Crippen molar-refractivity contribution in [3.8, 4) is 0 Å². The van der Waals surface area contributed by atoms with Gasteiger partial charge in [-0.1, -0.05) is 11.6 Å². The number of amides is 1. The lowest BCUT2D eigenvalue weighted by Crippen LogP contribution is -2.26. The molecule has 2 N–H and O–H groups in total. The minimum atomic E-state index is -0.542. The number of hydrogen-bond acceptors (Lipinski definition) is 4. The second kappa shape index (κ2) is 6.67. The molecule has 2 rings (SSSR count). The molecule has 0 aromatic carbocycles. The van der Waals surface area contributed by atoms with Gasteiger partial charge in [0, 0.05) is 18.5 Å². The zero-order chi connectivity index (χ0) is 14.5. The molecule has 0 aliphatic carbocycles. The molecule has 0 bridgehead atoms. The number of carbonyl (C=O) groups excluding carboxylic acids is 1. The van der Waals surface area contributed by atoms with E-state index < -0.39 is 5.82 Å². The molecule has 0 radical (unpaired) electrons. The summed E-state index contributed by atoms with van der Waals surface area (Å²) in [5.74, 6) is -0.550. The van der Waals surface area contributed by atoms with Gasteiger partial charge in [0.25, 0.3) is 5.91 Å². The smallest absolute Gasteiger partial charge is 0.255 e. The average Bonchev–Trinajstić information content (AvgIpc) is 2.84. The summed E-state index contributed by atoms with van der Waals surface area (Å²) in [6, 6.07) is 4.90. The Hall–Kier alpha value is -1.66. The molecule has 0 saturated carbocycles. The number of thiophene rings is 1. The first-order valence-corrected chi connectivity index (χ1v) is 7.15. The summed E-state index contributed by atoms with van der Waals surface area (Å²) >= 11 is 7.30. The van der Waals surface area contributed by atoms with Crippen molar-refractivity contribution in [3.05, 3.63) is 45.0 Å². The Kier molecular flexibility index (Phi) is 4.92. The Morgan fingerprint density at radius 3 is 2.95 bits per heavy atom. The molecule has 1 amide bonds. The van der Waals surface area contributed by atoms with Gasteiger partial charge < -0.3 is 10.6 Å². The van der Waals surface area contributed by atoms with Crippen LogP contribution in [0.15, 0.2) is 24.4 Å². The Bertz CT molecular complexity index is 617. The molecule has 20 heavy (non-hydrogen) atoms. The lowest BCUT2D eigenvalue weighted by atomic mass is 10.2. The lowest BCUT2D eigenvalue weighted by Gasteiger charge is -2.08. The molecule has 7 heteroatoms. The summed E-state index contributed by atoms with van der Waals surface area (Å²) < 4.78 is 13.9. The fourth-order valence-corrected chi connectivity index (χ4v) is 2.78. The van der Waals surface area contributed by atoms with Crippen LogP contribution in [0.3, 0.4) is 0 Å². The van der Waals surface area contributed by atoms with Gasteiger partial charge in [0.2, 0.25) is 0 Å². The monoisotopic (exact) mass is 313 g/mol. The first kappa shape index (κ1) is 14.7. The summed E-state index contributed by atoms with van der Waals surface area (Å²) in [5.41, 5.74) is 0.191. The lowest BCUT2D eigenvalue weighted by molar-refractivity contribution is 0.0954. The number of carbonyl (C=O) groups is 1. The zero-order valence-corrected chi connectivity index (χ0v) is 12.3. The van der Waals surface area contributed by atoms with Crippen LogP contribution in [0, 0.1) is 5.82 Å². The number of aromatic nitrogens is 1. The molecule has 0 aliphatic rings. The molecule has 0 unspecified atom stereocenters. The maximum Gasteiger partial charge on any atom is 0.255 e. The van der Waals surface area contributed by atoms with E-state index in [2.05, 4.69) is 15.6 Å². The maximum absolute atomic E-state index is 13.2. The van der Waals surface area contributed by atoms with Crippen LogP contribution in [0.25, 0.3) is 0 Å². The van der Waals surface area contributed by atoms with Gasteiger partial charge in [-0.15, -0.1) is 11.3 Å². The van der Waals surface area contributed by atoms with Gasteiger partial charge in [-0.3, -0.25) is 4.79 Å². The summed E-state index contributed by atoms with van der Waals surface area (Å²) in [7, 11) is 1.63. The van der Waals surface area contributed by atoms with Crippen LogP contribution in [0.5, 0.6) is 0 Å². The predicted molar refractivity (Wildman–Crippen MR) is 79.1 cm³/mol. The standard InChI is InChI=1S/C13H13ClFN3OS/c1-16-12-10(6-8(15)7-18-12)13(19)17-5-4-9-2-3-11(14)20-9/h2-3,6-7H,4-5H2,1H3,(H,16,18)(H,17,19). The SMILES string of the molecule is CNc1ncc(F)cc1C(=O)NCCc1ccc(Cl)s1. The topological polar surface area (TPSA) is 54.0 Å². The molecule has 0 atom stereocenters. The van der Waals surface area contributed by atoms with Gasteiger partial charge in [0.1, 0.15) is 11.6 Å². The quantitative estimate of drug-likeness (QED) is 0.892. The number of hydrogen-bond donors (Lipinski definition) is 2. The number of anilines is 1. The summed E-state index contributed by atoms with van der Waals surface area (Å²) in [6.07, 6.45) is 1.75. The second-order valence-electron chi connectivity index (χ2n) is 4.01. The van der Waals surface area contributed by atoms with E-state index in [0.717, 1.165) is 21.5 Å². The van der Waals surface area contributed by atoms with E-state index in [-0.39, 0.29) is 11.5 Å². The summed E-state index contributed by atoms with van der Waals surface area (Å²) in [4.78, 5) is 16.9. The fraction of sp³-hybridized carbons (Fsp3) is 0.231. The Morgan fingerprint density at radius 2 is 2.30 bits per heavy atom. The largest absolute Gasteiger partial charge is 0.372 e. The first-order valence-electron chi connectivity index (χ1n) is 5.96. The first-order chi connectivity index (χ1) is 9.60. The maximum atomic E-state index is 13.2. The Labute approximate surface area is 125 Å². The minimum Gasteiger partial charge on any atom is -0.372 e. The van der Waals surface area contributed by atoms with Gasteiger partial charge in [-0.05, 0) is 24.6 Å². The van der Waals surface area contributed by atoms with E-state index >= 15 is 0 Å². The molecule has 2 aromatic rings. The zero-order valence-electron chi connectivity index (χ0n) is 10.7. The van der Waals surface area contributed by atoms with Crippen molar-refractivity contribution in [1.82, 2.24) is 10.3 Å². The minimum absolute atomic E-state index is 0.191. The number of pyridine rings is 1. The third-order valence-electron chi connectivity index (χ3n) is 2.62. The van der Waals surface area contributed by atoms with Gasteiger partial charge in [0.15, 0.2) is 0 Å². The van der Waals surface area contributed by atoms with Crippen molar-refractivity contribution < 1.29 is 9.18 Å². The van der Waals surface area contributed by atoms with Crippen molar-refractivity contribution in [2.45, 2.75) is 6.42 Å². The summed E-state index contributed by atoms with van der Waals surface area (Å²) in [6.45, 7) is 0.454. The molecule has 4 nitrogen and oxygen atoms in total. The number of halogens is 2. The molecular formula is C13H13ClFN3OS. The normalized spacial score (nSPS) is 10.3. The molecule has 0 fully saturated rings. The fourth-order valence-electron chi connectivity index (χ4n) is 1.69. The molecular weight excluding hydrogens is 301 g/mol. The van der Waals surface area contributed by atoms with Crippen molar-refractivity contribution in [3.63, 3.8) is 0 Å². The van der Waals surface area contributed by atoms with E-state index in [0.29, 0.717) is 18.8 Å². The van der Waals surface area contributed by atoms with Crippen LogP contribution >= 0.6 is 22.9 Å². The predicted octanol–water partition coefficient (Wildman–Crippen LogP) is 2.95. The highest BCUT2D eigenvalue weighted by Crippen LogP contribution is 2.21. The molecule has 0 saturated heterocycles. The molecule has 0 spiro atoms. The third-order valence-corrected chi connectivity index (χ3v) is 3.91. The van der Waals surface area contributed by atoms with Gasteiger partial charge in [-0.25, -0.2) is 9.37 Å². The van der Waals surface area contributed by atoms with E-state index in [4.69, 9.17) is 11.6 Å². The third kappa shape index (κ3) is 3.68. The van der Waals surface area contributed by atoms with Crippen LogP contribution in [-0.2, 0) is 6.42 Å². The van der Waals surface area contributed by atoms with Crippen molar-refractivity contribution in [2.75, 3.05) is 18.9 Å². The molecule has 2 aromatic heterocycles. The van der Waals surface area contributed by atoms with Crippen LogP contribution in [-0.4, -0.2) is 24.5 Å². The Balaban J connectivity index is 1.96. The van der Waals surface area contributed by atoms with Gasteiger partial charge in [0.05, 0.1) is 16.1 Å².